The van der Waals surface area contributed by atoms with Crippen molar-refractivity contribution in [1.29, 1.82) is 0 Å². The highest BCUT2D eigenvalue weighted by molar-refractivity contribution is 5.82. The first kappa shape index (κ1) is 13.6. The summed E-state index contributed by atoms with van der Waals surface area (Å²) in [4.78, 5) is 13.1. The topological polar surface area (TPSA) is 52.6 Å². The lowest BCUT2D eigenvalue weighted by atomic mass is 10.0. The molecule has 0 spiro atoms. The van der Waals surface area contributed by atoms with E-state index in [2.05, 4.69) is 5.32 Å². The molecule has 2 fully saturated rings. The van der Waals surface area contributed by atoms with E-state index in [1.807, 2.05) is 0 Å². The summed E-state index contributed by atoms with van der Waals surface area (Å²) in [6.07, 6.45) is -2.58. The molecule has 0 aromatic heterocycles. The van der Waals surface area contributed by atoms with Crippen LogP contribution in [0.25, 0.3) is 0 Å². The molecule has 2 saturated heterocycles. The van der Waals surface area contributed by atoms with E-state index in [4.69, 9.17) is 0 Å². The molecule has 1 amide bonds. The number of β-amino-alcohol motifs (C(OH)–C–C–N with tert-alkyl or cyclic N) is 1. The molecule has 2 rings (SSSR count). The maximum Gasteiger partial charge on any atom is 0.419 e. The van der Waals surface area contributed by atoms with Gasteiger partial charge < -0.3 is 15.3 Å². The summed E-state index contributed by atoms with van der Waals surface area (Å²) in [5.41, 5.74) is -2.74. The van der Waals surface area contributed by atoms with E-state index in [9.17, 15) is 23.1 Å². The van der Waals surface area contributed by atoms with Gasteiger partial charge in [-0.3, -0.25) is 4.79 Å². The average molecular weight is 266 g/mol. The van der Waals surface area contributed by atoms with Crippen molar-refractivity contribution < 1.29 is 23.1 Å². The number of carbonyl (C=O) groups is 1. The summed E-state index contributed by atoms with van der Waals surface area (Å²) in [5, 5.41) is 12.5. The Morgan fingerprint density at radius 3 is 2.61 bits per heavy atom. The van der Waals surface area contributed by atoms with Crippen LogP contribution in [0.1, 0.15) is 25.7 Å². The summed E-state index contributed by atoms with van der Waals surface area (Å²) in [7, 11) is 0. The SMILES string of the molecule is O=C([C@H]1CCCCN1)N1CCC(O)(C(F)(F)F)C1. The number of rotatable bonds is 1. The Kier molecular flexibility index (Phi) is 3.55. The Morgan fingerprint density at radius 2 is 2.11 bits per heavy atom. The van der Waals surface area contributed by atoms with Crippen LogP contribution in [0.5, 0.6) is 0 Å². The fourth-order valence-corrected chi connectivity index (χ4v) is 2.50. The average Bonchev–Trinajstić information content (AvgIpc) is 2.73. The number of piperidine rings is 1. The van der Waals surface area contributed by atoms with Crippen LogP contribution in [0.3, 0.4) is 0 Å². The Balaban J connectivity index is 1.98. The van der Waals surface area contributed by atoms with Gasteiger partial charge >= 0.3 is 6.18 Å². The number of halogens is 3. The molecule has 0 saturated carbocycles. The predicted octanol–water partition coefficient (Wildman–Crippen LogP) is 0.654. The zero-order chi connectivity index (χ0) is 13.4. The smallest absolute Gasteiger partial charge is 0.379 e. The predicted molar refractivity (Wildman–Crippen MR) is 57.8 cm³/mol. The van der Waals surface area contributed by atoms with Crippen molar-refractivity contribution in [3.05, 3.63) is 0 Å². The Hall–Kier alpha value is -0.820. The molecule has 2 heterocycles. The molecular formula is C11H17F3N2O2. The first-order valence-electron chi connectivity index (χ1n) is 6.15. The number of nitrogens with one attached hydrogen (secondary N) is 1. The molecule has 2 N–H and O–H groups in total. The first-order valence-corrected chi connectivity index (χ1v) is 6.15. The van der Waals surface area contributed by atoms with E-state index in [0.717, 1.165) is 17.7 Å². The summed E-state index contributed by atoms with van der Waals surface area (Å²) < 4.78 is 37.9. The van der Waals surface area contributed by atoms with Gasteiger partial charge in [-0.05, 0) is 19.4 Å². The van der Waals surface area contributed by atoms with Crippen LogP contribution < -0.4 is 5.32 Å². The molecule has 0 aliphatic carbocycles. The zero-order valence-corrected chi connectivity index (χ0v) is 9.96. The van der Waals surface area contributed by atoms with Crippen LogP contribution in [0.15, 0.2) is 0 Å². The minimum atomic E-state index is -4.68. The van der Waals surface area contributed by atoms with Gasteiger partial charge in [0, 0.05) is 13.0 Å². The summed E-state index contributed by atoms with van der Waals surface area (Å²) in [5.74, 6) is -0.324. The fourth-order valence-electron chi connectivity index (χ4n) is 2.50. The van der Waals surface area contributed by atoms with Crippen molar-refractivity contribution in [3.8, 4) is 0 Å². The lowest BCUT2D eigenvalue weighted by Gasteiger charge is -2.29. The normalized spacial score (nSPS) is 33.8. The Bertz CT molecular complexity index is 329. The summed E-state index contributed by atoms with van der Waals surface area (Å²) in [6.45, 7) is 0.0360. The van der Waals surface area contributed by atoms with Crippen molar-refractivity contribution in [1.82, 2.24) is 10.2 Å². The molecule has 1 unspecified atom stereocenters. The zero-order valence-electron chi connectivity index (χ0n) is 9.96. The van der Waals surface area contributed by atoms with Gasteiger partial charge in [-0.1, -0.05) is 6.42 Å². The number of alkyl halides is 3. The number of hydrogen-bond donors (Lipinski definition) is 2. The summed E-state index contributed by atoms with van der Waals surface area (Å²) in [6, 6.07) is -0.394. The minimum Gasteiger partial charge on any atom is -0.379 e. The highest BCUT2D eigenvalue weighted by Crippen LogP contribution is 2.37. The maximum absolute atomic E-state index is 12.6. The van der Waals surface area contributed by atoms with E-state index >= 15 is 0 Å². The van der Waals surface area contributed by atoms with E-state index in [-0.39, 0.29) is 12.5 Å². The lowest BCUT2D eigenvalue weighted by molar-refractivity contribution is -0.253. The van der Waals surface area contributed by atoms with Crippen LogP contribution in [-0.4, -0.2) is 53.4 Å². The largest absolute Gasteiger partial charge is 0.419 e. The molecule has 0 aromatic carbocycles. The Labute approximate surface area is 103 Å². The second-order valence-corrected chi connectivity index (χ2v) is 5.04. The number of hydrogen-bond acceptors (Lipinski definition) is 3. The monoisotopic (exact) mass is 266 g/mol. The molecule has 4 nitrogen and oxygen atoms in total. The maximum atomic E-state index is 12.6. The molecule has 2 aliphatic rings. The standard InChI is InChI=1S/C11H17F3N2O2/c12-11(13,14)10(18)4-6-16(7-10)9(17)8-3-1-2-5-15-8/h8,15,18H,1-7H2/t8-,10?/m1/s1. The number of aliphatic hydroxyl groups is 1. The third kappa shape index (κ3) is 2.47. The van der Waals surface area contributed by atoms with Gasteiger partial charge in [-0.15, -0.1) is 0 Å². The quantitative estimate of drug-likeness (QED) is 0.733. The Morgan fingerprint density at radius 1 is 1.39 bits per heavy atom. The van der Waals surface area contributed by atoms with Crippen molar-refractivity contribution in [3.63, 3.8) is 0 Å². The minimum absolute atomic E-state index is 0.0347. The second kappa shape index (κ2) is 4.70. The van der Waals surface area contributed by atoms with Gasteiger partial charge in [-0.2, -0.15) is 13.2 Å². The molecule has 2 atom stereocenters. The van der Waals surface area contributed by atoms with Gasteiger partial charge in [0.15, 0.2) is 5.60 Å². The first-order chi connectivity index (χ1) is 8.33. The lowest BCUT2D eigenvalue weighted by Crippen LogP contribution is -2.51. The molecule has 0 radical (unpaired) electrons. The van der Waals surface area contributed by atoms with Crippen molar-refractivity contribution >= 4 is 5.91 Å². The van der Waals surface area contributed by atoms with Crippen LogP contribution in [-0.2, 0) is 4.79 Å². The van der Waals surface area contributed by atoms with Gasteiger partial charge in [0.2, 0.25) is 5.91 Å². The van der Waals surface area contributed by atoms with E-state index in [1.54, 1.807) is 0 Å². The van der Waals surface area contributed by atoms with E-state index in [0.29, 0.717) is 13.0 Å². The van der Waals surface area contributed by atoms with Crippen molar-refractivity contribution in [2.24, 2.45) is 0 Å². The third-order valence-electron chi connectivity index (χ3n) is 3.70. The number of amides is 1. The van der Waals surface area contributed by atoms with Crippen molar-refractivity contribution in [2.45, 2.75) is 43.5 Å². The second-order valence-electron chi connectivity index (χ2n) is 5.04. The highest BCUT2D eigenvalue weighted by Gasteiger charge is 2.58. The third-order valence-corrected chi connectivity index (χ3v) is 3.70. The van der Waals surface area contributed by atoms with E-state index in [1.165, 1.54) is 0 Å². The van der Waals surface area contributed by atoms with E-state index < -0.39 is 30.8 Å². The molecule has 104 valence electrons. The van der Waals surface area contributed by atoms with Gasteiger partial charge in [-0.25, -0.2) is 0 Å². The molecule has 0 aromatic rings. The molecular weight excluding hydrogens is 249 g/mol. The van der Waals surface area contributed by atoms with Crippen molar-refractivity contribution in [2.75, 3.05) is 19.6 Å². The molecule has 2 aliphatic heterocycles. The van der Waals surface area contributed by atoms with Crippen LogP contribution in [0.2, 0.25) is 0 Å². The fraction of sp³-hybridized carbons (Fsp3) is 0.909. The van der Waals surface area contributed by atoms with Gasteiger partial charge in [0.1, 0.15) is 0 Å². The number of nitrogens with zero attached hydrogens (tertiary/aromatic N) is 1. The van der Waals surface area contributed by atoms with Crippen LogP contribution in [0, 0.1) is 0 Å². The number of likely N-dealkylation sites (tertiary alicyclic amines) is 1. The van der Waals surface area contributed by atoms with Gasteiger partial charge in [0.25, 0.3) is 0 Å². The highest BCUT2D eigenvalue weighted by atomic mass is 19.4. The summed E-state index contributed by atoms with van der Waals surface area (Å²) >= 11 is 0. The van der Waals surface area contributed by atoms with Gasteiger partial charge in [0.05, 0.1) is 12.6 Å². The molecule has 18 heavy (non-hydrogen) atoms. The van der Waals surface area contributed by atoms with Crippen LogP contribution >= 0.6 is 0 Å². The van der Waals surface area contributed by atoms with Crippen LogP contribution in [0.4, 0.5) is 13.2 Å². The molecule has 0 bridgehead atoms. The number of carbonyl (C=O) groups excluding carboxylic acids is 1. The molecule has 7 heteroatoms.